The van der Waals surface area contributed by atoms with E-state index in [0.29, 0.717) is 11.3 Å². The molecule has 114 valence electrons. The lowest BCUT2D eigenvalue weighted by Crippen LogP contribution is -2.21. The Kier molecular flexibility index (Phi) is 5.55. The van der Waals surface area contributed by atoms with E-state index >= 15 is 0 Å². The topological polar surface area (TPSA) is 55.0 Å². The maximum atomic E-state index is 14.1. The maximum absolute atomic E-state index is 14.1. The number of halogens is 1. The molecule has 1 heterocycles. The summed E-state index contributed by atoms with van der Waals surface area (Å²) in [6.07, 6.45) is 1.53. The number of aromatic nitrogens is 2. The van der Waals surface area contributed by atoms with Crippen molar-refractivity contribution in [3.63, 3.8) is 0 Å². The van der Waals surface area contributed by atoms with Crippen LogP contribution in [0.3, 0.4) is 0 Å². The van der Waals surface area contributed by atoms with E-state index in [4.69, 9.17) is 5.73 Å². The first-order valence-electron chi connectivity index (χ1n) is 6.73. The average Bonchev–Trinajstić information content (AvgIpc) is 2.91. The van der Waals surface area contributed by atoms with E-state index < -0.39 is 0 Å². The van der Waals surface area contributed by atoms with Gasteiger partial charge in [0.25, 0.3) is 0 Å². The molecule has 1 aromatic heterocycles. The standard InChI is InChI=1S/C14H19FN4S2/c1-4-10(16)8-9-6-5-7-11(15)12(9)20-14-18-17-13(21-14)19(2)3/h5-7,10H,4,8,16H2,1-3H3. The lowest BCUT2D eigenvalue weighted by Gasteiger charge is -2.12. The summed E-state index contributed by atoms with van der Waals surface area (Å²) in [6, 6.07) is 5.16. The Hall–Kier alpha value is -1.18. The summed E-state index contributed by atoms with van der Waals surface area (Å²) in [6.45, 7) is 2.03. The monoisotopic (exact) mass is 326 g/mol. The third-order valence-corrected chi connectivity index (χ3v) is 5.33. The van der Waals surface area contributed by atoms with Crippen molar-refractivity contribution in [1.82, 2.24) is 10.2 Å². The van der Waals surface area contributed by atoms with Gasteiger partial charge in [-0.1, -0.05) is 42.2 Å². The Labute approximate surface area is 132 Å². The molecule has 1 unspecified atom stereocenters. The largest absolute Gasteiger partial charge is 0.353 e. The fraction of sp³-hybridized carbons (Fsp3) is 0.429. The minimum absolute atomic E-state index is 0.0397. The number of rotatable bonds is 6. The summed E-state index contributed by atoms with van der Waals surface area (Å²) in [5.41, 5.74) is 6.92. The first kappa shape index (κ1) is 16.2. The van der Waals surface area contributed by atoms with Crippen LogP contribution in [-0.4, -0.2) is 30.3 Å². The molecule has 4 nitrogen and oxygen atoms in total. The number of benzene rings is 1. The summed E-state index contributed by atoms with van der Waals surface area (Å²) in [5.74, 6) is -0.234. The predicted octanol–water partition coefficient (Wildman–Crippen LogP) is 3.17. The third-order valence-electron chi connectivity index (χ3n) is 3.02. The Bertz CT molecular complexity index is 600. The van der Waals surface area contributed by atoms with Crippen molar-refractivity contribution in [2.75, 3.05) is 19.0 Å². The highest BCUT2D eigenvalue weighted by Crippen LogP contribution is 2.36. The molecule has 2 rings (SSSR count). The van der Waals surface area contributed by atoms with E-state index in [1.165, 1.54) is 29.2 Å². The van der Waals surface area contributed by atoms with E-state index in [1.54, 1.807) is 6.07 Å². The van der Waals surface area contributed by atoms with Gasteiger partial charge in [0.2, 0.25) is 5.13 Å². The van der Waals surface area contributed by atoms with Crippen LogP contribution in [-0.2, 0) is 6.42 Å². The normalized spacial score (nSPS) is 12.4. The van der Waals surface area contributed by atoms with Crippen LogP contribution in [0.4, 0.5) is 9.52 Å². The van der Waals surface area contributed by atoms with Gasteiger partial charge in [-0.3, -0.25) is 0 Å². The Morgan fingerprint density at radius 1 is 1.38 bits per heavy atom. The van der Waals surface area contributed by atoms with Gasteiger partial charge in [-0.15, -0.1) is 10.2 Å². The predicted molar refractivity (Wildman–Crippen MR) is 86.7 cm³/mol. The quantitative estimate of drug-likeness (QED) is 0.883. The van der Waals surface area contributed by atoms with Gasteiger partial charge in [-0.2, -0.15) is 0 Å². The second-order valence-corrected chi connectivity index (χ2v) is 7.16. The Balaban J connectivity index is 2.25. The molecule has 0 radical (unpaired) electrons. The SMILES string of the molecule is CCC(N)Cc1cccc(F)c1Sc1nnc(N(C)C)s1. The number of nitrogens with two attached hydrogens (primary N) is 1. The van der Waals surface area contributed by atoms with Crippen molar-refractivity contribution in [1.29, 1.82) is 0 Å². The van der Waals surface area contributed by atoms with Crippen LogP contribution in [0.5, 0.6) is 0 Å². The molecule has 7 heteroatoms. The molecule has 0 fully saturated rings. The van der Waals surface area contributed by atoms with Crippen LogP contribution in [0, 0.1) is 5.82 Å². The highest BCUT2D eigenvalue weighted by molar-refractivity contribution is 8.01. The molecule has 21 heavy (non-hydrogen) atoms. The fourth-order valence-corrected chi connectivity index (χ4v) is 3.61. The van der Waals surface area contributed by atoms with Gasteiger partial charge < -0.3 is 10.6 Å². The molecule has 2 N–H and O–H groups in total. The molecule has 0 spiro atoms. The van der Waals surface area contributed by atoms with Gasteiger partial charge in [-0.25, -0.2) is 4.39 Å². The molecule has 1 aromatic carbocycles. The zero-order chi connectivity index (χ0) is 15.4. The highest BCUT2D eigenvalue weighted by atomic mass is 32.2. The second-order valence-electron chi connectivity index (χ2n) is 4.95. The lowest BCUT2D eigenvalue weighted by atomic mass is 10.0. The van der Waals surface area contributed by atoms with E-state index in [-0.39, 0.29) is 11.9 Å². The van der Waals surface area contributed by atoms with Crippen molar-refractivity contribution in [3.8, 4) is 0 Å². The number of anilines is 1. The van der Waals surface area contributed by atoms with Crippen molar-refractivity contribution in [2.24, 2.45) is 5.73 Å². The fourth-order valence-electron chi connectivity index (χ4n) is 1.77. The summed E-state index contributed by atoms with van der Waals surface area (Å²) in [7, 11) is 3.81. The molecule has 0 saturated heterocycles. The molecule has 0 aliphatic rings. The van der Waals surface area contributed by atoms with Crippen molar-refractivity contribution < 1.29 is 4.39 Å². The van der Waals surface area contributed by atoms with Gasteiger partial charge in [0.1, 0.15) is 5.82 Å². The molecule has 0 amide bonds. The summed E-state index contributed by atoms with van der Waals surface area (Å²) >= 11 is 2.77. The van der Waals surface area contributed by atoms with Gasteiger partial charge in [0.15, 0.2) is 4.34 Å². The molecular weight excluding hydrogens is 307 g/mol. The number of hydrogen-bond acceptors (Lipinski definition) is 6. The molecule has 0 aliphatic heterocycles. The van der Waals surface area contributed by atoms with E-state index in [1.807, 2.05) is 32.0 Å². The van der Waals surface area contributed by atoms with Crippen LogP contribution in [0.2, 0.25) is 0 Å². The van der Waals surface area contributed by atoms with Crippen molar-refractivity contribution in [2.45, 2.75) is 35.0 Å². The van der Waals surface area contributed by atoms with Crippen LogP contribution < -0.4 is 10.6 Å². The summed E-state index contributed by atoms with van der Waals surface area (Å²) in [4.78, 5) is 2.49. The van der Waals surface area contributed by atoms with Gasteiger partial charge in [0, 0.05) is 20.1 Å². The van der Waals surface area contributed by atoms with Crippen LogP contribution in [0.1, 0.15) is 18.9 Å². The van der Waals surface area contributed by atoms with E-state index in [2.05, 4.69) is 10.2 Å². The van der Waals surface area contributed by atoms with Gasteiger partial charge in [0.05, 0.1) is 4.90 Å². The first-order valence-corrected chi connectivity index (χ1v) is 8.36. The van der Waals surface area contributed by atoms with Crippen molar-refractivity contribution >= 4 is 28.2 Å². The molecule has 0 bridgehead atoms. The first-order chi connectivity index (χ1) is 10.0. The van der Waals surface area contributed by atoms with Gasteiger partial charge in [-0.05, 0) is 24.5 Å². The Morgan fingerprint density at radius 3 is 2.76 bits per heavy atom. The number of hydrogen-bond donors (Lipinski definition) is 1. The molecule has 0 saturated carbocycles. The van der Waals surface area contributed by atoms with Crippen molar-refractivity contribution in [3.05, 3.63) is 29.6 Å². The van der Waals surface area contributed by atoms with E-state index in [9.17, 15) is 4.39 Å². The second kappa shape index (κ2) is 7.20. The highest BCUT2D eigenvalue weighted by Gasteiger charge is 2.15. The smallest absolute Gasteiger partial charge is 0.208 e. The molecule has 0 aliphatic carbocycles. The Morgan fingerprint density at radius 2 is 2.14 bits per heavy atom. The molecule has 2 aromatic rings. The zero-order valence-corrected chi connectivity index (χ0v) is 14.0. The lowest BCUT2D eigenvalue weighted by molar-refractivity contribution is 0.585. The van der Waals surface area contributed by atoms with Crippen LogP contribution >= 0.6 is 23.1 Å². The summed E-state index contributed by atoms with van der Waals surface area (Å²) < 4.78 is 14.9. The number of nitrogens with zero attached hydrogens (tertiary/aromatic N) is 3. The summed E-state index contributed by atoms with van der Waals surface area (Å²) in [5, 5.41) is 8.99. The van der Waals surface area contributed by atoms with Crippen LogP contribution in [0.15, 0.2) is 27.4 Å². The van der Waals surface area contributed by atoms with Crippen LogP contribution in [0.25, 0.3) is 0 Å². The zero-order valence-electron chi connectivity index (χ0n) is 12.3. The minimum atomic E-state index is -0.234. The van der Waals surface area contributed by atoms with Gasteiger partial charge >= 0.3 is 0 Å². The molecule has 1 atom stereocenters. The average molecular weight is 326 g/mol. The molecular formula is C14H19FN4S2. The maximum Gasteiger partial charge on any atom is 0.208 e. The third kappa shape index (κ3) is 4.15. The van der Waals surface area contributed by atoms with E-state index in [0.717, 1.165) is 21.5 Å². The minimum Gasteiger partial charge on any atom is -0.353 e.